The van der Waals surface area contributed by atoms with E-state index in [1.807, 2.05) is 77.9 Å². The number of carbonyl (C=O) groups excluding carboxylic acids is 3. The van der Waals surface area contributed by atoms with Crippen molar-refractivity contribution in [3.05, 3.63) is 76.9 Å². The van der Waals surface area contributed by atoms with Crippen molar-refractivity contribution in [2.45, 2.75) is 86.4 Å². The molecule has 2 aromatic rings. The Morgan fingerprint density at radius 3 is 2.15 bits per heavy atom. The molecule has 2 rings (SSSR count). The van der Waals surface area contributed by atoms with Crippen LogP contribution in [0.4, 0.5) is 10.5 Å². The van der Waals surface area contributed by atoms with Crippen molar-refractivity contribution in [3.63, 3.8) is 0 Å². The highest BCUT2D eigenvalue weighted by atomic mass is 16.6. The van der Waals surface area contributed by atoms with Gasteiger partial charge in [0.15, 0.2) is 0 Å². The Kier molecular flexibility index (Phi) is 10.9. The van der Waals surface area contributed by atoms with Crippen LogP contribution in [0.1, 0.15) is 74.9 Å². The summed E-state index contributed by atoms with van der Waals surface area (Å²) in [5.41, 5.74) is 4.41. The highest BCUT2D eigenvalue weighted by Crippen LogP contribution is 2.30. The van der Waals surface area contributed by atoms with Gasteiger partial charge in [0.1, 0.15) is 17.7 Å². The van der Waals surface area contributed by atoms with E-state index < -0.39 is 23.8 Å². The fourth-order valence-electron chi connectivity index (χ4n) is 4.51. The summed E-state index contributed by atoms with van der Waals surface area (Å²) in [6, 6.07) is 9.83. The number of rotatable bonds is 10. The number of alkyl carbamates (subject to hydrolysis) is 1. The van der Waals surface area contributed by atoms with Gasteiger partial charge in [0, 0.05) is 12.2 Å². The van der Waals surface area contributed by atoms with Gasteiger partial charge in [-0.25, -0.2) is 4.79 Å². The Morgan fingerprint density at radius 1 is 1.00 bits per heavy atom. The molecule has 7 heteroatoms. The maximum Gasteiger partial charge on any atom is 0.408 e. The van der Waals surface area contributed by atoms with Gasteiger partial charge in [-0.15, -0.1) is 6.58 Å². The van der Waals surface area contributed by atoms with Crippen LogP contribution in [0, 0.1) is 33.6 Å². The second-order valence-electron chi connectivity index (χ2n) is 11.6. The molecule has 0 radical (unpaired) electrons. The first kappa shape index (κ1) is 31.6. The number of hydrogen-bond acceptors (Lipinski definition) is 4. The topological polar surface area (TPSA) is 87.7 Å². The normalized spacial score (nSPS) is 12.9. The Bertz CT molecular complexity index is 1180. The average molecular weight is 536 g/mol. The van der Waals surface area contributed by atoms with E-state index in [0.29, 0.717) is 6.42 Å². The molecule has 0 fully saturated rings. The zero-order valence-corrected chi connectivity index (χ0v) is 25.0. The summed E-state index contributed by atoms with van der Waals surface area (Å²) in [6.07, 6.45) is 1.30. The molecule has 0 heterocycles. The second-order valence-corrected chi connectivity index (χ2v) is 11.6. The lowest BCUT2D eigenvalue weighted by molar-refractivity contribution is -0.140. The Labute approximate surface area is 234 Å². The van der Waals surface area contributed by atoms with Gasteiger partial charge < -0.3 is 20.3 Å². The van der Waals surface area contributed by atoms with E-state index in [4.69, 9.17) is 4.74 Å². The number of hydrogen-bond donors (Lipinski definition) is 2. The molecular formula is C32H45N3O4. The summed E-state index contributed by atoms with van der Waals surface area (Å²) in [5, 5.41) is 5.85. The van der Waals surface area contributed by atoms with Crippen LogP contribution in [0.2, 0.25) is 0 Å². The maximum atomic E-state index is 14.2. The standard InChI is InChI=1S/C32H45N3O4/c1-11-17-35(30(37)26(18-20(2)3)33-31(38)39-32(8,9)10)28(25-19-21(4)15-16-22(25)5)29(36)34-27-23(6)13-12-14-24(27)7/h11-16,19-20,26,28H,1,17-18H2,2-10H3,(H,33,38)(H,34,36). The van der Waals surface area contributed by atoms with Crippen molar-refractivity contribution in [1.82, 2.24) is 10.2 Å². The van der Waals surface area contributed by atoms with Crippen molar-refractivity contribution in [2.24, 2.45) is 5.92 Å². The lowest BCUT2D eigenvalue weighted by atomic mass is 9.95. The number of nitrogens with one attached hydrogen (secondary N) is 2. The van der Waals surface area contributed by atoms with Crippen LogP contribution in [0.25, 0.3) is 0 Å². The number of ether oxygens (including phenoxy) is 1. The number of nitrogens with zero attached hydrogens (tertiary/aromatic N) is 1. The quantitative estimate of drug-likeness (QED) is 0.338. The van der Waals surface area contributed by atoms with Crippen molar-refractivity contribution < 1.29 is 19.1 Å². The zero-order valence-electron chi connectivity index (χ0n) is 25.0. The lowest BCUT2D eigenvalue weighted by Gasteiger charge is -2.35. The third-order valence-corrected chi connectivity index (χ3v) is 6.32. The molecule has 0 bridgehead atoms. The van der Waals surface area contributed by atoms with Gasteiger partial charge >= 0.3 is 6.09 Å². The predicted octanol–water partition coefficient (Wildman–Crippen LogP) is 6.55. The Morgan fingerprint density at radius 2 is 1.62 bits per heavy atom. The predicted molar refractivity (Wildman–Crippen MR) is 158 cm³/mol. The van der Waals surface area contributed by atoms with Crippen LogP contribution in [-0.4, -0.2) is 41.0 Å². The molecule has 2 unspecified atom stereocenters. The second kappa shape index (κ2) is 13.5. The summed E-state index contributed by atoms with van der Waals surface area (Å²) < 4.78 is 5.45. The van der Waals surface area contributed by atoms with Crippen LogP contribution >= 0.6 is 0 Å². The number of anilines is 1. The highest BCUT2D eigenvalue weighted by Gasteiger charge is 2.37. The summed E-state index contributed by atoms with van der Waals surface area (Å²) in [6.45, 7) is 21.0. The van der Waals surface area contributed by atoms with E-state index in [9.17, 15) is 14.4 Å². The highest BCUT2D eigenvalue weighted by molar-refractivity contribution is 6.00. The maximum absolute atomic E-state index is 14.2. The molecule has 0 aliphatic heterocycles. The van der Waals surface area contributed by atoms with Gasteiger partial charge in [0.2, 0.25) is 5.91 Å². The number of aryl methyl sites for hydroxylation is 4. The zero-order chi connectivity index (χ0) is 29.5. The summed E-state index contributed by atoms with van der Waals surface area (Å²) in [5.74, 6) is -0.615. The minimum absolute atomic E-state index is 0.0991. The van der Waals surface area contributed by atoms with Crippen LogP contribution in [0.15, 0.2) is 49.1 Å². The van der Waals surface area contributed by atoms with Crippen molar-refractivity contribution in [1.29, 1.82) is 0 Å². The number of carbonyl (C=O) groups is 3. The summed E-state index contributed by atoms with van der Waals surface area (Å²) >= 11 is 0. The smallest absolute Gasteiger partial charge is 0.408 e. The van der Waals surface area contributed by atoms with Gasteiger partial charge in [0.05, 0.1) is 0 Å². The van der Waals surface area contributed by atoms with Crippen LogP contribution in [0.5, 0.6) is 0 Å². The molecule has 2 atom stereocenters. The van der Waals surface area contributed by atoms with Crippen LogP contribution < -0.4 is 10.6 Å². The molecule has 0 aromatic heterocycles. The molecule has 212 valence electrons. The largest absolute Gasteiger partial charge is 0.444 e. The Balaban J connectivity index is 2.61. The first-order valence-corrected chi connectivity index (χ1v) is 13.5. The van der Waals surface area contributed by atoms with Gasteiger partial charge in [-0.05, 0) is 83.1 Å². The van der Waals surface area contributed by atoms with Crippen molar-refractivity contribution in [3.8, 4) is 0 Å². The average Bonchev–Trinajstić information content (AvgIpc) is 2.81. The molecule has 2 aromatic carbocycles. The first-order chi connectivity index (χ1) is 18.1. The van der Waals surface area contributed by atoms with Gasteiger partial charge in [-0.1, -0.05) is 61.9 Å². The van der Waals surface area contributed by atoms with E-state index in [1.54, 1.807) is 26.8 Å². The van der Waals surface area contributed by atoms with E-state index in [2.05, 4.69) is 17.2 Å². The molecule has 2 N–H and O–H groups in total. The minimum atomic E-state index is -0.954. The number of benzene rings is 2. The molecule has 0 saturated heterocycles. The molecule has 0 aliphatic rings. The SMILES string of the molecule is C=CCN(C(=O)C(CC(C)C)NC(=O)OC(C)(C)C)C(C(=O)Nc1c(C)cccc1C)c1cc(C)ccc1C. The van der Waals surface area contributed by atoms with E-state index in [0.717, 1.165) is 33.5 Å². The monoisotopic (exact) mass is 535 g/mol. The molecular weight excluding hydrogens is 490 g/mol. The molecule has 7 nitrogen and oxygen atoms in total. The number of amides is 3. The van der Waals surface area contributed by atoms with Crippen LogP contribution in [-0.2, 0) is 14.3 Å². The molecule has 0 aliphatic carbocycles. The van der Waals surface area contributed by atoms with Gasteiger partial charge in [-0.3, -0.25) is 9.59 Å². The Hall–Kier alpha value is -3.61. The third-order valence-electron chi connectivity index (χ3n) is 6.32. The van der Waals surface area contributed by atoms with Crippen molar-refractivity contribution >= 4 is 23.6 Å². The van der Waals surface area contributed by atoms with Crippen LogP contribution in [0.3, 0.4) is 0 Å². The van der Waals surface area contributed by atoms with E-state index >= 15 is 0 Å². The summed E-state index contributed by atoms with van der Waals surface area (Å²) in [4.78, 5) is 42.5. The van der Waals surface area contributed by atoms with Crippen molar-refractivity contribution in [2.75, 3.05) is 11.9 Å². The first-order valence-electron chi connectivity index (χ1n) is 13.5. The summed E-state index contributed by atoms with van der Waals surface area (Å²) in [7, 11) is 0. The van der Waals surface area contributed by atoms with Gasteiger partial charge in [-0.2, -0.15) is 0 Å². The molecule has 39 heavy (non-hydrogen) atoms. The molecule has 3 amide bonds. The molecule has 0 spiro atoms. The molecule has 0 saturated carbocycles. The minimum Gasteiger partial charge on any atom is -0.444 e. The lowest BCUT2D eigenvalue weighted by Crippen LogP contribution is -2.53. The number of para-hydroxylation sites is 1. The van der Waals surface area contributed by atoms with E-state index in [1.165, 1.54) is 4.90 Å². The fourth-order valence-corrected chi connectivity index (χ4v) is 4.51. The third kappa shape index (κ3) is 8.98. The van der Waals surface area contributed by atoms with E-state index in [-0.39, 0.29) is 24.3 Å². The van der Waals surface area contributed by atoms with Gasteiger partial charge in [0.25, 0.3) is 5.91 Å². The fraction of sp³-hybridized carbons (Fsp3) is 0.469.